The second-order valence-electron chi connectivity index (χ2n) is 4.76. The summed E-state index contributed by atoms with van der Waals surface area (Å²) < 4.78 is 0. The summed E-state index contributed by atoms with van der Waals surface area (Å²) in [4.78, 5) is 0. The Kier molecular flexibility index (Phi) is 3.65. The first-order chi connectivity index (χ1) is 9.06. The Bertz CT molecular complexity index is 603. The van der Waals surface area contributed by atoms with Gasteiger partial charge < -0.3 is 17.2 Å². The number of anilines is 3. The number of nitrogens with two attached hydrogens (primary N) is 3. The van der Waals surface area contributed by atoms with E-state index in [2.05, 4.69) is 26.0 Å². The Balaban J connectivity index is 2.55. The molecule has 19 heavy (non-hydrogen) atoms. The Hall–Kier alpha value is -2.16. The lowest BCUT2D eigenvalue weighted by Crippen LogP contribution is -2.00. The van der Waals surface area contributed by atoms with Crippen LogP contribution in [0.2, 0.25) is 0 Å². The van der Waals surface area contributed by atoms with E-state index >= 15 is 0 Å². The quantitative estimate of drug-likeness (QED) is 0.737. The minimum absolute atomic E-state index is 0.643. The molecule has 3 nitrogen and oxygen atoms in total. The molecule has 0 aromatic heterocycles. The summed E-state index contributed by atoms with van der Waals surface area (Å²) in [5.74, 6) is 0. The van der Waals surface area contributed by atoms with Crippen molar-refractivity contribution in [3.05, 3.63) is 41.5 Å². The fraction of sp³-hybridized carbons (Fsp3) is 0.250. The summed E-state index contributed by atoms with van der Waals surface area (Å²) in [5, 5.41) is 0. The first-order valence-electron chi connectivity index (χ1n) is 6.63. The van der Waals surface area contributed by atoms with Gasteiger partial charge in [0.25, 0.3) is 0 Å². The van der Waals surface area contributed by atoms with E-state index in [1.165, 1.54) is 0 Å². The van der Waals surface area contributed by atoms with Crippen molar-refractivity contribution in [3.8, 4) is 11.1 Å². The van der Waals surface area contributed by atoms with Crippen molar-refractivity contribution in [2.45, 2.75) is 26.7 Å². The van der Waals surface area contributed by atoms with Crippen molar-refractivity contribution in [1.29, 1.82) is 0 Å². The van der Waals surface area contributed by atoms with E-state index in [1.807, 2.05) is 18.2 Å². The SMILES string of the molecule is CCc1cc(-c2cc(N)c(N)c(CC)c2)ccc1N. The number of aryl methyl sites for hydroxylation is 2. The predicted molar refractivity (Wildman–Crippen MR) is 83.9 cm³/mol. The van der Waals surface area contributed by atoms with Gasteiger partial charge in [-0.2, -0.15) is 0 Å². The number of hydrogen-bond acceptors (Lipinski definition) is 3. The van der Waals surface area contributed by atoms with Crippen molar-refractivity contribution >= 4 is 17.1 Å². The largest absolute Gasteiger partial charge is 0.399 e. The Morgan fingerprint density at radius 1 is 0.737 bits per heavy atom. The third kappa shape index (κ3) is 2.50. The molecule has 0 atom stereocenters. The Morgan fingerprint density at radius 3 is 2.00 bits per heavy atom. The van der Waals surface area contributed by atoms with Gasteiger partial charge in [0.1, 0.15) is 0 Å². The average Bonchev–Trinajstić information content (AvgIpc) is 2.42. The zero-order valence-electron chi connectivity index (χ0n) is 11.5. The van der Waals surface area contributed by atoms with E-state index in [-0.39, 0.29) is 0 Å². The maximum Gasteiger partial charge on any atom is 0.0580 e. The molecule has 0 fully saturated rings. The van der Waals surface area contributed by atoms with Crippen LogP contribution in [0.15, 0.2) is 30.3 Å². The van der Waals surface area contributed by atoms with Crippen LogP contribution in [0.1, 0.15) is 25.0 Å². The van der Waals surface area contributed by atoms with E-state index < -0.39 is 0 Å². The maximum atomic E-state index is 5.99. The molecule has 0 aliphatic rings. The summed E-state index contributed by atoms with van der Waals surface area (Å²) in [5.41, 5.74) is 24.6. The van der Waals surface area contributed by atoms with Gasteiger partial charge in [0.15, 0.2) is 0 Å². The van der Waals surface area contributed by atoms with Gasteiger partial charge in [-0.1, -0.05) is 19.9 Å². The van der Waals surface area contributed by atoms with Crippen LogP contribution < -0.4 is 17.2 Å². The molecule has 2 rings (SSSR count). The highest BCUT2D eigenvalue weighted by atomic mass is 14.7. The van der Waals surface area contributed by atoms with Crippen LogP contribution in [0.3, 0.4) is 0 Å². The topological polar surface area (TPSA) is 78.1 Å². The second-order valence-corrected chi connectivity index (χ2v) is 4.76. The normalized spacial score (nSPS) is 10.6. The average molecular weight is 255 g/mol. The smallest absolute Gasteiger partial charge is 0.0580 e. The van der Waals surface area contributed by atoms with Crippen LogP contribution in [0.4, 0.5) is 17.1 Å². The fourth-order valence-electron chi connectivity index (χ4n) is 2.29. The molecule has 0 bridgehead atoms. The van der Waals surface area contributed by atoms with Crippen molar-refractivity contribution in [3.63, 3.8) is 0 Å². The van der Waals surface area contributed by atoms with Gasteiger partial charge in [0, 0.05) is 5.69 Å². The molecule has 2 aromatic carbocycles. The molecule has 0 saturated carbocycles. The van der Waals surface area contributed by atoms with Crippen molar-refractivity contribution in [1.82, 2.24) is 0 Å². The molecule has 0 saturated heterocycles. The van der Waals surface area contributed by atoms with Crippen LogP contribution in [0.25, 0.3) is 11.1 Å². The van der Waals surface area contributed by atoms with E-state index in [9.17, 15) is 0 Å². The zero-order valence-corrected chi connectivity index (χ0v) is 11.5. The van der Waals surface area contributed by atoms with Crippen LogP contribution in [-0.4, -0.2) is 0 Å². The minimum atomic E-state index is 0.643. The molecular weight excluding hydrogens is 234 g/mol. The Morgan fingerprint density at radius 2 is 1.37 bits per heavy atom. The highest BCUT2D eigenvalue weighted by molar-refractivity contribution is 5.78. The predicted octanol–water partition coefficient (Wildman–Crippen LogP) is 3.23. The summed E-state index contributed by atoms with van der Waals surface area (Å²) >= 11 is 0. The van der Waals surface area contributed by atoms with Gasteiger partial charge in [-0.05, 0) is 59.4 Å². The third-order valence-electron chi connectivity index (χ3n) is 3.54. The van der Waals surface area contributed by atoms with E-state index in [0.29, 0.717) is 11.4 Å². The number of hydrogen-bond donors (Lipinski definition) is 3. The molecule has 2 aromatic rings. The van der Waals surface area contributed by atoms with Crippen molar-refractivity contribution < 1.29 is 0 Å². The number of benzene rings is 2. The van der Waals surface area contributed by atoms with Gasteiger partial charge in [-0.25, -0.2) is 0 Å². The van der Waals surface area contributed by atoms with Crippen LogP contribution >= 0.6 is 0 Å². The van der Waals surface area contributed by atoms with E-state index in [1.54, 1.807) is 0 Å². The first kappa shape index (κ1) is 13.3. The van der Waals surface area contributed by atoms with Gasteiger partial charge >= 0.3 is 0 Å². The van der Waals surface area contributed by atoms with Gasteiger partial charge in [0.2, 0.25) is 0 Å². The van der Waals surface area contributed by atoms with Crippen molar-refractivity contribution in [2.24, 2.45) is 0 Å². The summed E-state index contributed by atoms with van der Waals surface area (Å²) in [6.07, 6.45) is 1.80. The molecule has 0 amide bonds. The number of nitrogen functional groups attached to an aromatic ring is 3. The third-order valence-corrected chi connectivity index (χ3v) is 3.54. The van der Waals surface area contributed by atoms with Crippen LogP contribution in [0, 0.1) is 0 Å². The molecule has 0 spiro atoms. The summed E-state index contributed by atoms with van der Waals surface area (Å²) in [6.45, 7) is 4.18. The highest BCUT2D eigenvalue weighted by Gasteiger charge is 2.07. The molecule has 3 heteroatoms. The van der Waals surface area contributed by atoms with Crippen molar-refractivity contribution in [2.75, 3.05) is 17.2 Å². The molecule has 100 valence electrons. The van der Waals surface area contributed by atoms with E-state index in [4.69, 9.17) is 17.2 Å². The molecule has 0 aliphatic carbocycles. The number of rotatable bonds is 3. The zero-order chi connectivity index (χ0) is 14.0. The lowest BCUT2D eigenvalue weighted by atomic mass is 9.97. The molecule has 6 N–H and O–H groups in total. The molecule has 0 radical (unpaired) electrons. The van der Waals surface area contributed by atoms with Gasteiger partial charge in [-0.15, -0.1) is 0 Å². The lowest BCUT2D eigenvalue weighted by Gasteiger charge is -2.12. The monoisotopic (exact) mass is 255 g/mol. The van der Waals surface area contributed by atoms with Crippen LogP contribution in [-0.2, 0) is 12.8 Å². The second kappa shape index (κ2) is 5.22. The molecule has 0 unspecified atom stereocenters. The standard InChI is InChI=1S/C16H21N3/c1-3-10-7-12(5-6-14(10)17)13-8-11(4-2)16(19)15(18)9-13/h5-9H,3-4,17-19H2,1-2H3. The summed E-state index contributed by atoms with van der Waals surface area (Å²) in [7, 11) is 0. The molecular formula is C16H21N3. The first-order valence-corrected chi connectivity index (χ1v) is 6.63. The maximum absolute atomic E-state index is 5.99. The van der Waals surface area contributed by atoms with Gasteiger partial charge in [0.05, 0.1) is 11.4 Å². The Labute approximate surface area is 114 Å². The summed E-state index contributed by atoms with van der Waals surface area (Å²) in [6, 6.07) is 10.1. The van der Waals surface area contributed by atoms with Gasteiger partial charge in [-0.3, -0.25) is 0 Å². The molecule has 0 aliphatic heterocycles. The van der Waals surface area contributed by atoms with E-state index in [0.717, 1.165) is 40.8 Å². The minimum Gasteiger partial charge on any atom is -0.399 e. The lowest BCUT2D eigenvalue weighted by molar-refractivity contribution is 1.14. The molecule has 0 heterocycles. The highest BCUT2D eigenvalue weighted by Crippen LogP contribution is 2.31. The van der Waals surface area contributed by atoms with Crippen LogP contribution in [0.5, 0.6) is 0 Å². The fourth-order valence-corrected chi connectivity index (χ4v) is 2.29.